The third-order valence-corrected chi connectivity index (χ3v) is 3.68. The number of hydrogen-bond donors (Lipinski definition) is 2. The molecule has 0 aliphatic heterocycles. The molecule has 3 nitrogen and oxygen atoms in total. The van der Waals surface area contributed by atoms with Crippen molar-refractivity contribution in [3.63, 3.8) is 0 Å². The largest absolute Gasteiger partial charge is 0.396 e. The minimum atomic E-state index is -0.0393. The number of carbonyl (C=O) groups excluding carboxylic acids is 1. The quantitative estimate of drug-likeness (QED) is 0.809. The van der Waals surface area contributed by atoms with Crippen LogP contribution in [-0.4, -0.2) is 24.2 Å². The Hall–Kier alpha value is -0.870. The molecule has 19 heavy (non-hydrogen) atoms. The summed E-state index contributed by atoms with van der Waals surface area (Å²) in [6, 6.07) is 8.04. The fourth-order valence-electron chi connectivity index (χ4n) is 1.84. The van der Waals surface area contributed by atoms with Gasteiger partial charge in [-0.05, 0) is 36.5 Å². The zero-order valence-corrected chi connectivity index (χ0v) is 13.1. The maximum Gasteiger partial charge on any atom is 0.223 e. The predicted octanol–water partition coefficient (Wildman–Crippen LogP) is 2.76. The number of amides is 1. The minimum Gasteiger partial charge on any atom is -0.396 e. The summed E-state index contributed by atoms with van der Waals surface area (Å²) in [4.78, 5) is 11.9. The van der Waals surface area contributed by atoms with E-state index in [1.54, 1.807) is 0 Å². The van der Waals surface area contributed by atoms with Gasteiger partial charge in [-0.1, -0.05) is 41.9 Å². The van der Waals surface area contributed by atoms with Crippen LogP contribution in [0.25, 0.3) is 0 Å². The SMILES string of the molecule is CC(CCO)CNC(=O)C(C)Cc1ccc(Br)cc1. The molecule has 0 saturated carbocycles. The van der Waals surface area contributed by atoms with E-state index in [1.807, 2.05) is 38.1 Å². The molecule has 1 rings (SSSR count). The Morgan fingerprint density at radius 1 is 1.32 bits per heavy atom. The number of halogens is 1. The summed E-state index contributed by atoms with van der Waals surface area (Å²) in [5.41, 5.74) is 1.16. The van der Waals surface area contributed by atoms with Crippen molar-refractivity contribution in [2.45, 2.75) is 26.7 Å². The van der Waals surface area contributed by atoms with Crippen molar-refractivity contribution in [2.75, 3.05) is 13.2 Å². The van der Waals surface area contributed by atoms with Gasteiger partial charge >= 0.3 is 0 Å². The molecule has 106 valence electrons. The van der Waals surface area contributed by atoms with Crippen LogP contribution in [-0.2, 0) is 11.2 Å². The highest BCUT2D eigenvalue weighted by Gasteiger charge is 2.14. The average Bonchev–Trinajstić information content (AvgIpc) is 2.39. The molecule has 4 heteroatoms. The van der Waals surface area contributed by atoms with Crippen LogP contribution in [0.5, 0.6) is 0 Å². The van der Waals surface area contributed by atoms with Crippen molar-refractivity contribution in [3.8, 4) is 0 Å². The van der Waals surface area contributed by atoms with E-state index in [4.69, 9.17) is 5.11 Å². The van der Waals surface area contributed by atoms with Gasteiger partial charge in [-0.2, -0.15) is 0 Å². The molecule has 0 bridgehead atoms. The lowest BCUT2D eigenvalue weighted by Crippen LogP contribution is -2.33. The third-order valence-electron chi connectivity index (χ3n) is 3.15. The van der Waals surface area contributed by atoms with Crippen molar-refractivity contribution >= 4 is 21.8 Å². The van der Waals surface area contributed by atoms with E-state index in [0.29, 0.717) is 12.5 Å². The van der Waals surface area contributed by atoms with Crippen LogP contribution in [0.2, 0.25) is 0 Å². The highest BCUT2D eigenvalue weighted by Crippen LogP contribution is 2.14. The van der Waals surface area contributed by atoms with E-state index in [2.05, 4.69) is 21.2 Å². The van der Waals surface area contributed by atoms with Gasteiger partial charge in [0.2, 0.25) is 5.91 Å². The second kappa shape index (κ2) is 8.33. The number of rotatable bonds is 7. The van der Waals surface area contributed by atoms with Gasteiger partial charge in [-0.25, -0.2) is 0 Å². The number of carbonyl (C=O) groups is 1. The van der Waals surface area contributed by atoms with Gasteiger partial charge in [-0.3, -0.25) is 4.79 Å². The molecule has 0 radical (unpaired) electrons. The highest BCUT2D eigenvalue weighted by atomic mass is 79.9. The predicted molar refractivity (Wildman–Crippen MR) is 80.9 cm³/mol. The van der Waals surface area contributed by atoms with E-state index < -0.39 is 0 Å². The van der Waals surface area contributed by atoms with Crippen LogP contribution in [0.1, 0.15) is 25.8 Å². The Bertz CT molecular complexity index is 392. The first kappa shape index (κ1) is 16.2. The van der Waals surface area contributed by atoms with Crippen molar-refractivity contribution in [1.29, 1.82) is 0 Å². The highest BCUT2D eigenvalue weighted by molar-refractivity contribution is 9.10. The van der Waals surface area contributed by atoms with Gasteiger partial charge < -0.3 is 10.4 Å². The van der Waals surface area contributed by atoms with Crippen molar-refractivity contribution in [2.24, 2.45) is 11.8 Å². The fourth-order valence-corrected chi connectivity index (χ4v) is 2.10. The molecule has 0 aliphatic rings. The molecule has 0 aliphatic carbocycles. The first-order valence-corrected chi connectivity index (χ1v) is 7.45. The lowest BCUT2D eigenvalue weighted by atomic mass is 10.00. The van der Waals surface area contributed by atoms with E-state index in [0.717, 1.165) is 22.9 Å². The van der Waals surface area contributed by atoms with Crippen LogP contribution < -0.4 is 5.32 Å². The van der Waals surface area contributed by atoms with Crippen molar-refractivity contribution in [3.05, 3.63) is 34.3 Å². The molecule has 1 amide bonds. The number of nitrogens with one attached hydrogen (secondary N) is 1. The first-order chi connectivity index (χ1) is 9.02. The van der Waals surface area contributed by atoms with Gasteiger partial charge in [0.05, 0.1) is 0 Å². The lowest BCUT2D eigenvalue weighted by Gasteiger charge is -2.15. The van der Waals surface area contributed by atoms with Crippen molar-refractivity contribution < 1.29 is 9.90 Å². The zero-order chi connectivity index (χ0) is 14.3. The summed E-state index contributed by atoms with van der Waals surface area (Å²) in [6.07, 6.45) is 1.47. The van der Waals surface area contributed by atoms with Crippen LogP contribution in [0.3, 0.4) is 0 Å². The third kappa shape index (κ3) is 6.21. The molecule has 0 saturated heterocycles. The molecule has 2 atom stereocenters. The molecular formula is C15H22BrNO2. The lowest BCUT2D eigenvalue weighted by molar-refractivity contribution is -0.124. The van der Waals surface area contributed by atoms with Gasteiger partial charge in [0.15, 0.2) is 0 Å². The van der Waals surface area contributed by atoms with E-state index in [1.165, 1.54) is 0 Å². The standard InChI is InChI=1S/C15H22BrNO2/c1-11(7-8-18)10-17-15(19)12(2)9-13-3-5-14(16)6-4-13/h3-6,11-12,18H,7-10H2,1-2H3,(H,17,19). The smallest absolute Gasteiger partial charge is 0.223 e. The number of hydrogen-bond acceptors (Lipinski definition) is 2. The molecule has 0 fully saturated rings. The Kier molecular flexibility index (Phi) is 7.10. The van der Waals surface area contributed by atoms with E-state index >= 15 is 0 Å². The topological polar surface area (TPSA) is 49.3 Å². The maximum atomic E-state index is 11.9. The fraction of sp³-hybridized carbons (Fsp3) is 0.533. The number of aliphatic hydroxyl groups is 1. The summed E-state index contributed by atoms with van der Waals surface area (Å²) >= 11 is 3.40. The van der Waals surface area contributed by atoms with Crippen LogP contribution in [0.4, 0.5) is 0 Å². The zero-order valence-electron chi connectivity index (χ0n) is 11.5. The maximum absolute atomic E-state index is 11.9. The van der Waals surface area contributed by atoms with E-state index in [9.17, 15) is 4.79 Å². The second-order valence-electron chi connectivity index (χ2n) is 5.09. The Morgan fingerprint density at radius 2 is 1.95 bits per heavy atom. The second-order valence-corrected chi connectivity index (χ2v) is 6.01. The van der Waals surface area contributed by atoms with Gasteiger partial charge in [-0.15, -0.1) is 0 Å². The summed E-state index contributed by atoms with van der Waals surface area (Å²) in [5.74, 6) is 0.351. The van der Waals surface area contributed by atoms with Gasteiger partial charge in [0, 0.05) is 23.5 Å². The molecule has 0 spiro atoms. The summed E-state index contributed by atoms with van der Waals surface area (Å²) in [5, 5.41) is 11.8. The molecule has 0 aromatic heterocycles. The van der Waals surface area contributed by atoms with Crippen LogP contribution in [0, 0.1) is 11.8 Å². The summed E-state index contributed by atoms with van der Waals surface area (Å²) in [6.45, 7) is 4.76. The molecule has 2 N–H and O–H groups in total. The molecule has 2 unspecified atom stereocenters. The Morgan fingerprint density at radius 3 is 2.53 bits per heavy atom. The Balaban J connectivity index is 2.38. The molecule has 1 aromatic rings. The molecular weight excluding hydrogens is 306 g/mol. The average molecular weight is 328 g/mol. The van der Waals surface area contributed by atoms with Gasteiger partial charge in [0.25, 0.3) is 0 Å². The monoisotopic (exact) mass is 327 g/mol. The number of benzene rings is 1. The van der Waals surface area contributed by atoms with Crippen molar-refractivity contribution in [1.82, 2.24) is 5.32 Å². The van der Waals surface area contributed by atoms with Crippen LogP contribution >= 0.6 is 15.9 Å². The number of aliphatic hydroxyl groups excluding tert-OH is 1. The van der Waals surface area contributed by atoms with Gasteiger partial charge in [0.1, 0.15) is 0 Å². The molecule has 0 heterocycles. The molecule has 1 aromatic carbocycles. The summed E-state index contributed by atoms with van der Waals surface area (Å²) < 4.78 is 1.05. The van der Waals surface area contributed by atoms with E-state index in [-0.39, 0.29) is 18.4 Å². The normalized spacial score (nSPS) is 13.9. The summed E-state index contributed by atoms with van der Waals surface area (Å²) in [7, 11) is 0. The van der Waals surface area contributed by atoms with Crippen LogP contribution in [0.15, 0.2) is 28.7 Å². The minimum absolute atomic E-state index is 0.0393. The Labute approximate surface area is 123 Å². The first-order valence-electron chi connectivity index (χ1n) is 6.66.